The number of fused-ring (bicyclic) bond motifs is 1. The van der Waals surface area contributed by atoms with Crippen LogP contribution in [-0.2, 0) is 4.79 Å². The van der Waals surface area contributed by atoms with Crippen LogP contribution in [0.25, 0.3) is 10.8 Å². The van der Waals surface area contributed by atoms with Gasteiger partial charge in [-0.1, -0.05) is 54.6 Å². The first-order valence-corrected chi connectivity index (χ1v) is 7.43. The predicted molar refractivity (Wildman–Crippen MR) is 93.2 cm³/mol. The van der Waals surface area contributed by atoms with Gasteiger partial charge in [-0.15, -0.1) is 0 Å². The van der Waals surface area contributed by atoms with Crippen LogP contribution in [0.5, 0.6) is 5.75 Å². The average molecular weight is 312 g/mol. The van der Waals surface area contributed by atoms with Gasteiger partial charge in [-0.25, -0.2) is 4.79 Å². The lowest BCUT2D eigenvalue weighted by Crippen LogP contribution is -2.06. The Morgan fingerprint density at radius 1 is 1.00 bits per heavy atom. The summed E-state index contributed by atoms with van der Waals surface area (Å²) in [5.74, 6) is 3.00. The smallest absolute Gasteiger partial charge is 0.140 e. The molecule has 0 aliphatic heterocycles. The van der Waals surface area contributed by atoms with Crippen molar-refractivity contribution in [3.8, 4) is 11.8 Å². The fourth-order valence-electron chi connectivity index (χ4n) is 2.79. The number of hydrogen-bond donors (Lipinski definition) is 0. The second kappa shape index (κ2) is 6.83. The zero-order valence-corrected chi connectivity index (χ0v) is 13.1. The maximum atomic E-state index is 11.4. The van der Waals surface area contributed by atoms with E-state index in [2.05, 4.69) is 0 Å². The van der Waals surface area contributed by atoms with Crippen LogP contribution in [-0.4, -0.2) is 13.1 Å². The van der Waals surface area contributed by atoms with Gasteiger partial charge in [0.2, 0.25) is 0 Å². The third-order valence-corrected chi connectivity index (χ3v) is 3.88. The molecule has 3 nitrogen and oxygen atoms in total. The van der Waals surface area contributed by atoms with E-state index in [1.807, 2.05) is 72.8 Å². The van der Waals surface area contributed by atoms with E-state index >= 15 is 0 Å². The number of methoxy groups -OCH3 is 1. The molecule has 3 heteroatoms. The SMILES string of the molecule is COc1cccc([C](C(=C=O)C#N)c2cccc3ccccc23)c1. The Kier molecular flexibility index (Phi) is 4.43. The Morgan fingerprint density at radius 2 is 1.75 bits per heavy atom. The molecule has 0 aliphatic carbocycles. The maximum Gasteiger partial charge on any atom is 0.140 e. The number of hydrogen-bond acceptors (Lipinski definition) is 3. The van der Waals surface area contributed by atoms with Crippen LogP contribution < -0.4 is 4.74 Å². The highest BCUT2D eigenvalue weighted by atomic mass is 16.5. The predicted octanol–water partition coefficient (Wildman–Crippen LogP) is 4.10. The quantitative estimate of drug-likeness (QED) is 0.538. The van der Waals surface area contributed by atoms with Crippen LogP contribution in [0, 0.1) is 17.2 Å². The van der Waals surface area contributed by atoms with Gasteiger partial charge in [-0.2, -0.15) is 5.26 Å². The van der Waals surface area contributed by atoms with Crippen LogP contribution in [0.1, 0.15) is 11.1 Å². The van der Waals surface area contributed by atoms with Gasteiger partial charge < -0.3 is 4.74 Å². The van der Waals surface area contributed by atoms with Gasteiger partial charge in [0.05, 0.1) is 13.0 Å². The lowest BCUT2D eigenvalue weighted by Gasteiger charge is -2.17. The van der Waals surface area contributed by atoms with Crippen LogP contribution in [0.2, 0.25) is 0 Å². The minimum atomic E-state index is -0.0281. The highest BCUT2D eigenvalue weighted by Gasteiger charge is 2.23. The van der Waals surface area contributed by atoms with E-state index in [9.17, 15) is 10.1 Å². The molecule has 24 heavy (non-hydrogen) atoms. The molecule has 1 radical (unpaired) electrons. The Morgan fingerprint density at radius 3 is 2.50 bits per heavy atom. The average Bonchev–Trinajstić information content (AvgIpc) is 2.65. The summed E-state index contributed by atoms with van der Waals surface area (Å²) < 4.78 is 5.27. The minimum Gasteiger partial charge on any atom is -0.497 e. The van der Waals surface area contributed by atoms with E-state index in [0.29, 0.717) is 11.7 Å². The van der Waals surface area contributed by atoms with Gasteiger partial charge in [0.1, 0.15) is 23.3 Å². The molecule has 0 unspecified atom stereocenters. The Labute approximate surface area is 140 Å². The van der Waals surface area contributed by atoms with Crippen molar-refractivity contribution in [1.29, 1.82) is 5.26 Å². The van der Waals surface area contributed by atoms with Crippen LogP contribution in [0.15, 0.2) is 72.3 Å². The lowest BCUT2D eigenvalue weighted by molar-refractivity contribution is 0.414. The first-order valence-electron chi connectivity index (χ1n) is 7.43. The van der Waals surface area contributed by atoms with Crippen molar-refractivity contribution in [3.63, 3.8) is 0 Å². The van der Waals surface area contributed by atoms with Crippen molar-refractivity contribution in [2.45, 2.75) is 0 Å². The molecule has 0 aromatic heterocycles. The van der Waals surface area contributed by atoms with Crippen LogP contribution in [0.3, 0.4) is 0 Å². The summed E-state index contributed by atoms with van der Waals surface area (Å²) in [7, 11) is 1.58. The van der Waals surface area contributed by atoms with E-state index in [-0.39, 0.29) is 5.57 Å². The number of carbonyl (C=O) groups excluding carboxylic acids is 1. The second-order valence-corrected chi connectivity index (χ2v) is 5.22. The molecule has 3 aromatic rings. The fraction of sp³-hybridized carbons (Fsp3) is 0.0476. The number of benzene rings is 3. The largest absolute Gasteiger partial charge is 0.497 e. The van der Waals surface area contributed by atoms with Crippen molar-refractivity contribution in [3.05, 3.63) is 89.3 Å². The maximum absolute atomic E-state index is 11.4. The van der Waals surface area contributed by atoms with E-state index in [4.69, 9.17) is 4.74 Å². The highest BCUT2D eigenvalue weighted by Crippen LogP contribution is 2.35. The monoisotopic (exact) mass is 312 g/mol. The normalized spacial score (nSPS) is 10.2. The van der Waals surface area contributed by atoms with E-state index in [1.54, 1.807) is 13.1 Å². The molecule has 0 spiro atoms. The van der Waals surface area contributed by atoms with Gasteiger partial charge in [0.25, 0.3) is 0 Å². The zero-order chi connectivity index (χ0) is 16.9. The summed E-state index contributed by atoms with van der Waals surface area (Å²) in [6.45, 7) is 0. The Hall–Kier alpha value is -3.34. The van der Waals surface area contributed by atoms with Gasteiger partial charge in [0, 0.05) is 0 Å². The van der Waals surface area contributed by atoms with Gasteiger partial charge in [0.15, 0.2) is 0 Å². The van der Waals surface area contributed by atoms with Crippen molar-refractivity contribution in [1.82, 2.24) is 0 Å². The molecular formula is C21H14NO2. The molecule has 0 saturated carbocycles. The topological polar surface area (TPSA) is 50.1 Å². The molecule has 0 aliphatic rings. The first kappa shape index (κ1) is 15.6. The molecule has 0 N–H and O–H groups in total. The van der Waals surface area contributed by atoms with Gasteiger partial charge >= 0.3 is 0 Å². The van der Waals surface area contributed by atoms with E-state index < -0.39 is 0 Å². The molecular weight excluding hydrogens is 298 g/mol. The summed E-state index contributed by atoms with van der Waals surface area (Å²) in [6.07, 6.45) is 0. The fourth-order valence-corrected chi connectivity index (χ4v) is 2.79. The summed E-state index contributed by atoms with van der Waals surface area (Å²) in [4.78, 5) is 11.4. The summed E-state index contributed by atoms with van der Waals surface area (Å²) >= 11 is 0. The highest BCUT2D eigenvalue weighted by molar-refractivity contribution is 5.91. The van der Waals surface area contributed by atoms with Crippen LogP contribution >= 0.6 is 0 Å². The van der Waals surface area contributed by atoms with Crippen LogP contribution in [0.4, 0.5) is 0 Å². The van der Waals surface area contributed by atoms with Crippen molar-refractivity contribution >= 4 is 16.7 Å². The standard InChI is InChI=1S/C21H14NO2/c1-24-18-9-4-8-16(12-18)21(17(13-22)14-23)20-11-5-7-15-6-2-3-10-19(15)20/h2-12H,1H3. The molecule has 115 valence electrons. The van der Waals surface area contributed by atoms with Crippen molar-refractivity contribution in [2.24, 2.45) is 0 Å². The summed E-state index contributed by atoms with van der Waals surface area (Å²) in [5.41, 5.74) is 1.53. The summed E-state index contributed by atoms with van der Waals surface area (Å²) in [5, 5.41) is 11.4. The number of rotatable bonds is 4. The molecule has 0 heterocycles. The number of nitriles is 1. The third kappa shape index (κ3) is 2.79. The third-order valence-electron chi connectivity index (χ3n) is 3.88. The molecule has 0 atom stereocenters. The molecule has 0 amide bonds. The second-order valence-electron chi connectivity index (χ2n) is 5.22. The van der Waals surface area contributed by atoms with Gasteiger partial charge in [-0.3, -0.25) is 0 Å². The Bertz CT molecular complexity index is 973. The molecule has 3 aromatic carbocycles. The van der Waals surface area contributed by atoms with Gasteiger partial charge in [-0.05, 0) is 34.0 Å². The minimum absolute atomic E-state index is 0.0281. The zero-order valence-electron chi connectivity index (χ0n) is 13.1. The number of ether oxygens (including phenoxy) is 1. The molecule has 0 bridgehead atoms. The number of allylic oxidation sites excluding steroid dienone is 1. The molecule has 3 rings (SSSR count). The molecule has 0 saturated heterocycles. The lowest BCUT2D eigenvalue weighted by atomic mass is 9.83. The summed E-state index contributed by atoms with van der Waals surface area (Å²) in [6, 6.07) is 23.0. The van der Waals surface area contributed by atoms with Crippen molar-refractivity contribution in [2.75, 3.05) is 7.11 Å². The van der Waals surface area contributed by atoms with E-state index in [1.165, 1.54) is 0 Å². The first-order chi connectivity index (χ1) is 11.8. The van der Waals surface area contributed by atoms with Crippen molar-refractivity contribution < 1.29 is 9.53 Å². The molecule has 0 fully saturated rings. The number of nitrogens with zero attached hydrogens (tertiary/aromatic N) is 1. The Balaban J connectivity index is 2.29. The van der Waals surface area contributed by atoms with E-state index in [0.717, 1.165) is 21.9 Å².